The Balaban J connectivity index is 2.23. The number of ether oxygens (including phenoxy) is 2. The molecule has 1 atom stereocenters. The number of hydrogen-bond donors (Lipinski definition) is 0. The van der Waals surface area contributed by atoms with Gasteiger partial charge in [0.25, 0.3) is 0 Å². The van der Waals surface area contributed by atoms with Crippen LogP contribution in [0.5, 0.6) is 5.88 Å². The average Bonchev–Trinajstić information content (AvgIpc) is 2.88. The van der Waals surface area contributed by atoms with Crippen molar-refractivity contribution in [3.63, 3.8) is 0 Å². The van der Waals surface area contributed by atoms with Crippen LogP contribution in [0.25, 0.3) is 0 Å². The van der Waals surface area contributed by atoms with Crippen molar-refractivity contribution >= 4 is 11.9 Å². The molecule has 1 aromatic heterocycles. The van der Waals surface area contributed by atoms with Gasteiger partial charge in [-0.3, -0.25) is 0 Å². The monoisotopic (exact) mass is 279 g/mol. The summed E-state index contributed by atoms with van der Waals surface area (Å²) in [4.78, 5) is 22.7. The first-order chi connectivity index (χ1) is 9.65. The molecular formula is C14H21N3O3. The molecule has 6 nitrogen and oxygen atoms in total. The zero-order valence-corrected chi connectivity index (χ0v) is 12.3. The summed E-state index contributed by atoms with van der Waals surface area (Å²) >= 11 is 0. The standard InChI is InChI=1S/C14H21N3O3/c1-4-19-12-9-10(3)15-14(16-12)17-8-6-7-11(17)13(18)20-5-2/h9,11H,4-8H2,1-3H3. The summed E-state index contributed by atoms with van der Waals surface area (Å²) < 4.78 is 10.6. The fourth-order valence-electron chi connectivity index (χ4n) is 2.36. The fourth-order valence-corrected chi connectivity index (χ4v) is 2.36. The first-order valence-corrected chi connectivity index (χ1v) is 7.07. The van der Waals surface area contributed by atoms with Gasteiger partial charge in [0.1, 0.15) is 6.04 Å². The molecule has 1 aromatic rings. The van der Waals surface area contributed by atoms with Gasteiger partial charge in [-0.15, -0.1) is 0 Å². The molecule has 1 aliphatic rings. The highest BCUT2D eigenvalue weighted by Crippen LogP contribution is 2.25. The Morgan fingerprint density at radius 2 is 2.20 bits per heavy atom. The average molecular weight is 279 g/mol. The SMILES string of the molecule is CCOC(=O)C1CCCN1c1nc(C)cc(OCC)n1. The van der Waals surface area contributed by atoms with E-state index in [0.717, 1.165) is 25.1 Å². The minimum atomic E-state index is -0.286. The molecule has 1 saturated heterocycles. The van der Waals surface area contributed by atoms with Crippen molar-refractivity contribution in [1.29, 1.82) is 0 Å². The molecule has 0 saturated carbocycles. The number of carbonyl (C=O) groups is 1. The molecule has 2 heterocycles. The van der Waals surface area contributed by atoms with Gasteiger partial charge in [0.15, 0.2) is 0 Å². The molecule has 2 rings (SSSR count). The van der Waals surface area contributed by atoms with Crippen LogP contribution in [0.1, 0.15) is 32.4 Å². The number of aryl methyl sites for hydroxylation is 1. The fraction of sp³-hybridized carbons (Fsp3) is 0.643. The summed E-state index contributed by atoms with van der Waals surface area (Å²) in [6.07, 6.45) is 1.71. The van der Waals surface area contributed by atoms with Gasteiger partial charge < -0.3 is 14.4 Å². The first-order valence-electron chi connectivity index (χ1n) is 7.07. The Morgan fingerprint density at radius 3 is 2.90 bits per heavy atom. The van der Waals surface area contributed by atoms with Crippen molar-refractivity contribution in [1.82, 2.24) is 9.97 Å². The van der Waals surface area contributed by atoms with Crippen molar-refractivity contribution in [2.75, 3.05) is 24.7 Å². The van der Waals surface area contributed by atoms with E-state index in [9.17, 15) is 4.79 Å². The Labute approximate surface area is 119 Å². The number of nitrogens with zero attached hydrogens (tertiary/aromatic N) is 3. The van der Waals surface area contributed by atoms with Gasteiger partial charge in [0, 0.05) is 18.3 Å². The lowest BCUT2D eigenvalue weighted by Crippen LogP contribution is -2.38. The van der Waals surface area contributed by atoms with Crippen molar-refractivity contribution in [2.45, 2.75) is 39.7 Å². The van der Waals surface area contributed by atoms with Crippen LogP contribution in [0.3, 0.4) is 0 Å². The van der Waals surface area contributed by atoms with Gasteiger partial charge in [0.2, 0.25) is 11.8 Å². The van der Waals surface area contributed by atoms with Gasteiger partial charge in [-0.05, 0) is 33.6 Å². The van der Waals surface area contributed by atoms with E-state index >= 15 is 0 Å². The minimum absolute atomic E-state index is 0.201. The van der Waals surface area contributed by atoms with Crippen molar-refractivity contribution in [3.8, 4) is 5.88 Å². The Kier molecular flexibility index (Phi) is 4.76. The molecule has 0 amide bonds. The van der Waals surface area contributed by atoms with E-state index in [0.29, 0.717) is 25.0 Å². The van der Waals surface area contributed by atoms with E-state index < -0.39 is 0 Å². The summed E-state index contributed by atoms with van der Waals surface area (Å²) in [5.74, 6) is 0.890. The highest BCUT2D eigenvalue weighted by molar-refractivity contribution is 5.80. The third kappa shape index (κ3) is 3.18. The third-order valence-corrected chi connectivity index (χ3v) is 3.18. The van der Waals surface area contributed by atoms with E-state index in [1.807, 2.05) is 25.7 Å². The largest absolute Gasteiger partial charge is 0.478 e. The lowest BCUT2D eigenvalue weighted by Gasteiger charge is -2.23. The molecule has 0 radical (unpaired) electrons. The number of rotatable bonds is 5. The number of anilines is 1. The van der Waals surface area contributed by atoms with Crippen LogP contribution in [0, 0.1) is 6.92 Å². The summed E-state index contributed by atoms with van der Waals surface area (Å²) in [5, 5.41) is 0. The quantitative estimate of drug-likeness (QED) is 0.765. The summed E-state index contributed by atoms with van der Waals surface area (Å²) in [6.45, 7) is 7.32. The number of esters is 1. The normalized spacial score (nSPS) is 18.1. The summed E-state index contributed by atoms with van der Waals surface area (Å²) in [6, 6.07) is 1.51. The van der Waals surface area contributed by atoms with E-state index in [4.69, 9.17) is 9.47 Å². The van der Waals surface area contributed by atoms with Gasteiger partial charge in [0.05, 0.1) is 13.2 Å². The molecule has 0 N–H and O–H groups in total. The van der Waals surface area contributed by atoms with E-state index in [1.165, 1.54) is 0 Å². The molecule has 0 spiro atoms. The highest BCUT2D eigenvalue weighted by Gasteiger charge is 2.33. The molecule has 1 unspecified atom stereocenters. The maximum absolute atomic E-state index is 12.0. The molecule has 1 aliphatic heterocycles. The van der Waals surface area contributed by atoms with E-state index in [1.54, 1.807) is 6.07 Å². The zero-order chi connectivity index (χ0) is 14.5. The molecule has 0 bridgehead atoms. The van der Waals surface area contributed by atoms with Gasteiger partial charge >= 0.3 is 5.97 Å². The minimum Gasteiger partial charge on any atom is -0.478 e. The van der Waals surface area contributed by atoms with E-state index in [-0.39, 0.29) is 12.0 Å². The summed E-state index contributed by atoms with van der Waals surface area (Å²) in [5.41, 5.74) is 0.827. The lowest BCUT2D eigenvalue weighted by atomic mass is 10.2. The molecule has 0 aliphatic carbocycles. The summed E-state index contributed by atoms with van der Waals surface area (Å²) in [7, 11) is 0. The predicted molar refractivity (Wildman–Crippen MR) is 74.9 cm³/mol. The molecule has 110 valence electrons. The molecule has 0 aromatic carbocycles. The van der Waals surface area contributed by atoms with Crippen LogP contribution in [0.15, 0.2) is 6.07 Å². The van der Waals surface area contributed by atoms with Crippen LogP contribution in [-0.4, -0.2) is 41.7 Å². The second-order valence-electron chi connectivity index (χ2n) is 4.68. The number of hydrogen-bond acceptors (Lipinski definition) is 6. The van der Waals surface area contributed by atoms with Crippen LogP contribution in [0.4, 0.5) is 5.95 Å². The Hall–Kier alpha value is -1.85. The van der Waals surface area contributed by atoms with Crippen LogP contribution >= 0.6 is 0 Å². The topological polar surface area (TPSA) is 64.5 Å². The van der Waals surface area contributed by atoms with Crippen molar-refractivity contribution in [2.24, 2.45) is 0 Å². The zero-order valence-electron chi connectivity index (χ0n) is 12.3. The van der Waals surface area contributed by atoms with Crippen LogP contribution < -0.4 is 9.64 Å². The molecule has 20 heavy (non-hydrogen) atoms. The second-order valence-corrected chi connectivity index (χ2v) is 4.68. The highest BCUT2D eigenvalue weighted by atomic mass is 16.5. The van der Waals surface area contributed by atoms with Gasteiger partial charge in [-0.1, -0.05) is 0 Å². The van der Waals surface area contributed by atoms with Crippen LogP contribution in [0.2, 0.25) is 0 Å². The number of carbonyl (C=O) groups excluding carboxylic acids is 1. The lowest BCUT2D eigenvalue weighted by molar-refractivity contribution is -0.144. The Morgan fingerprint density at radius 1 is 1.40 bits per heavy atom. The third-order valence-electron chi connectivity index (χ3n) is 3.18. The predicted octanol–water partition coefficient (Wildman–Crippen LogP) is 1.72. The molecule has 1 fully saturated rings. The van der Waals surface area contributed by atoms with Gasteiger partial charge in [-0.25, -0.2) is 9.78 Å². The number of aromatic nitrogens is 2. The maximum Gasteiger partial charge on any atom is 0.328 e. The maximum atomic E-state index is 12.0. The van der Waals surface area contributed by atoms with Gasteiger partial charge in [-0.2, -0.15) is 4.98 Å². The van der Waals surface area contributed by atoms with Crippen LogP contribution in [-0.2, 0) is 9.53 Å². The second kappa shape index (κ2) is 6.54. The smallest absolute Gasteiger partial charge is 0.328 e. The first kappa shape index (κ1) is 14.6. The molecule has 6 heteroatoms. The molecular weight excluding hydrogens is 258 g/mol. The van der Waals surface area contributed by atoms with Crippen molar-refractivity contribution < 1.29 is 14.3 Å². The van der Waals surface area contributed by atoms with Crippen molar-refractivity contribution in [3.05, 3.63) is 11.8 Å². The Bertz CT molecular complexity index is 479. The van der Waals surface area contributed by atoms with E-state index in [2.05, 4.69) is 9.97 Å².